The molecule has 1 aromatic heterocycles. The first-order valence-corrected chi connectivity index (χ1v) is 12.4. The molecule has 1 N–H and O–H groups in total. The van der Waals surface area contributed by atoms with Crippen LogP contribution in [0.25, 0.3) is 0 Å². The van der Waals surface area contributed by atoms with Crippen molar-refractivity contribution in [3.8, 4) is 5.75 Å². The van der Waals surface area contributed by atoms with Gasteiger partial charge in [-0.05, 0) is 49.9 Å². The molecule has 32 heavy (non-hydrogen) atoms. The number of thiocarbonyl (C=S) groups is 1. The normalized spacial score (nSPS) is 29.8. The van der Waals surface area contributed by atoms with E-state index in [-0.39, 0.29) is 40.3 Å². The van der Waals surface area contributed by atoms with Crippen LogP contribution in [0.1, 0.15) is 43.8 Å². The maximum Gasteiger partial charge on any atom is 0.258 e. The number of amides is 1. The number of hydrogen-bond acceptors (Lipinski definition) is 7. The van der Waals surface area contributed by atoms with Gasteiger partial charge in [-0.3, -0.25) is 4.79 Å². The smallest absolute Gasteiger partial charge is 0.258 e. The fourth-order valence-corrected chi connectivity index (χ4v) is 5.46. The number of nitrogens with one attached hydrogen (secondary N) is 1. The molecule has 2 bridgehead atoms. The second kappa shape index (κ2) is 8.14. The lowest BCUT2D eigenvalue weighted by molar-refractivity contribution is -0.140. The lowest BCUT2D eigenvalue weighted by Crippen LogP contribution is -2.77. The molecule has 0 atom stereocenters. The van der Waals surface area contributed by atoms with Crippen LogP contribution in [0.2, 0.25) is 5.02 Å². The first-order chi connectivity index (χ1) is 15.3. The van der Waals surface area contributed by atoms with Crippen LogP contribution in [0.3, 0.4) is 0 Å². The van der Waals surface area contributed by atoms with E-state index in [2.05, 4.69) is 15.6 Å². The molecule has 1 amide bonds. The van der Waals surface area contributed by atoms with Gasteiger partial charge in [-0.25, -0.2) is 9.07 Å². The number of halogens is 2. The van der Waals surface area contributed by atoms with Crippen molar-refractivity contribution < 1.29 is 18.7 Å². The molecule has 0 spiro atoms. The van der Waals surface area contributed by atoms with Gasteiger partial charge in [0, 0.05) is 36.1 Å². The second-order valence-electron chi connectivity index (χ2n) is 8.91. The van der Waals surface area contributed by atoms with E-state index in [1.54, 1.807) is 0 Å². The topological polar surface area (TPSA) is 78.3 Å². The zero-order chi connectivity index (χ0) is 22.5. The van der Waals surface area contributed by atoms with Gasteiger partial charge in [0.15, 0.2) is 6.61 Å². The number of benzene rings is 1. The van der Waals surface area contributed by atoms with Gasteiger partial charge in [-0.15, -0.1) is 5.10 Å². The Hall–Kier alpha value is -1.91. The molecule has 0 radical (unpaired) electrons. The average molecular weight is 497 g/mol. The highest BCUT2D eigenvalue weighted by atomic mass is 35.5. The summed E-state index contributed by atoms with van der Waals surface area (Å²) < 4.78 is 27.0. The van der Waals surface area contributed by atoms with Crippen molar-refractivity contribution in [2.45, 2.75) is 55.2 Å². The monoisotopic (exact) mass is 496 g/mol. The molecular weight excluding hydrogens is 475 g/mol. The van der Waals surface area contributed by atoms with Crippen LogP contribution in [-0.2, 0) is 14.9 Å². The van der Waals surface area contributed by atoms with Crippen molar-refractivity contribution in [2.75, 3.05) is 12.9 Å². The molecular formula is C21H22ClFN4O3S2. The van der Waals surface area contributed by atoms with E-state index in [1.807, 2.05) is 17.1 Å². The van der Waals surface area contributed by atoms with E-state index in [9.17, 15) is 9.18 Å². The van der Waals surface area contributed by atoms with E-state index in [4.69, 9.17) is 33.3 Å². The summed E-state index contributed by atoms with van der Waals surface area (Å²) in [6.45, 7) is -0.170. The molecule has 0 saturated heterocycles. The SMILES string of the molecule is CSC(=S)OC1CC(n2cc(C34CC(NC(=O)COc5ccc(Cl)c(F)c5)(C3)C4)nn2)C1. The average Bonchev–Trinajstić information content (AvgIpc) is 3.15. The fourth-order valence-electron chi connectivity index (χ4n) is 4.97. The van der Waals surface area contributed by atoms with Gasteiger partial charge in [0.2, 0.25) is 4.38 Å². The summed E-state index contributed by atoms with van der Waals surface area (Å²) in [6.07, 6.45) is 8.41. The third-order valence-corrected chi connectivity index (χ3v) is 7.96. The standard InChI is InChI=1S/C21H22ClFN4O3S2/c1-32-19(31)30-14-4-12(5-14)27-7-17(25-26-27)20-9-21(10-20,11-20)24-18(28)8-29-13-2-3-15(22)16(23)6-13/h2-3,6-7,12,14H,4-5,8-11H2,1H3,(H,24,28). The Morgan fingerprint density at radius 1 is 1.41 bits per heavy atom. The molecule has 0 unspecified atom stereocenters. The largest absolute Gasteiger partial charge is 0.484 e. The first-order valence-electron chi connectivity index (χ1n) is 10.4. The van der Waals surface area contributed by atoms with E-state index in [1.165, 1.54) is 30.0 Å². The minimum absolute atomic E-state index is 0.00571. The highest BCUT2D eigenvalue weighted by molar-refractivity contribution is 8.22. The van der Waals surface area contributed by atoms with Crippen molar-refractivity contribution in [3.63, 3.8) is 0 Å². The molecule has 7 nitrogen and oxygen atoms in total. The molecule has 4 aliphatic carbocycles. The Kier molecular flexibility index (Phi) is 5.58. The molecule has 11 heteroatoms. The Morgan fingerprint density at radius 2 is 2.16 bits per heavy atom. The van der Waals surface area contributed by atoms with Gasteiger partial charge >= 0.3 is 0 Å². The van der Waals surface area contributed by atoms with E-state index >= 15 is 0 Å². The van der Waals surface area contributed by atoms with E-state index in [0.717, 1.165) is 37.8 Å². The van der Waals surface area contributed by atoms with Gasteiger partial charge in [0.05, 0.1) is 16.8 Å². The fraction of sp³-hybridized carbons (Fsp3) is 0.524. The summed E-state index contributed by atoms with van der Waals surface area (Å²) in [5.41, 5.74) is 0.801. The molecule has 1 heterocycles. The van der Waals surface area contributed by atoms with Gasteiger partial charge in [-0.1, -0.05) is 28.6 Å². The molecule has 1 aromatic carbocycles. The molecule has 4 fully saturated rings. The Bertz CT molecular complexity index is 1060. The number of hydrogen-bond donors (Lipinski definition) is 1. The molecule has 170 valence electrons. The molecule has 2 aromatic rings. The number of thioether (sulfide) groups is 1. The Labute approximate surface area is 199 Å². The van der Waals surface area contributed by atoms with Crippen LogP contribution in [0.4, 0.5) is 4.39 Å². The van der Waals surface area contributed by atoms with Gasteiger partial charge < -0.3 is 14.8 Å². The van der Waals surface area contributed by atoms with Crippen LogP contribution in [0.5, 0.6) is 5.75 Å². The number of rotatable bonds is 7. The van der Waals surface area contributed by atoms with Gasteiger partial charge in [0.1, 0.15) is 17.7 Å². The van der Waals surface area contributed by atoms with Crippen molar-refractivity contribution in [1.82, 2.24) is 20.3 Å². The second-order valence-corrected chi connectivity index (χ2v) is 10.7. The lowest BCUT2D eigenvalue weighted by Gasteiger charge is -2.69. The van der Waals surface area contributed by atoms with Crippen LogP contribution < -0.4 is 10.1 Å². The Balaban J connectivity index is 1.08. The summed E-state index contributed by atoms with van der Waals surface area (Å²) in [5, 5.41) is 11.8. The predicted octanol–water partition coefficient (Wildman–Crippen LogP) is 3.81. The summed E-state index contributed by atoms with van der Waals surface area (Å²) in [6, 6.07) is 4.40. The lowest BCUT2D eigenvalue weighted by atomic mass is 9.38. The molecule has 0 aliphatic heterocycles. The van der Waals surface area contributed by atoms with Crippen LogP contribution >= 0.6 is 35.6 Å². The third-order valence-electron chi connectivity index (χ3n) is 6.62. The summed E-state index contributed by atoms with van der Waals surface area (Å²) in [5.74, 6) is -0.528. The highest BCUT2D eigenvalue weighted by Crippen LogP contribution is 2.67. The van der Waals surface area contributed by atoms with Crippen LogP contribution in [-0.4, -0.2) is 49.8 Å². The number of ether oxygens (including phenoxy) is 2. The minimum Gasteiger partial charge on any atom is -0.484 e. The zero-order valence-electron chi connectivity index (χ0n) is 17.3. The maximum absolute atomic E-state index is 13.5. The van der Waals surface area contributed by atoms with Crippen molar-refractivity contribution in [3.05, 3.63) is 40.9 Å². The van der Waals surface area contributed by atoms with Gasteiger partial charge in [-0.2, -0.15) is 0 Å². The molecule has 4 aliphatic rings. The first kappa shape index (κ1) is 21.9. The molecule has 4 saturated carbocycles. The van der Waals surface area contributed by atoms with Crippen molar-refractivity contribution in [1.29, 1.82) is 0 Å². The maximum atomic E-state index is 13.5. The van der Waals surface area contributed by atoms with E-state index in [0.29, 0.717) is 10.4 Å². The molecule has 6 rings (SSSR count). The number of carbonyl (C=O) groups is 1. The zero-order valence-corrected chi connectivity index (χ0v) is 19.7. The van der Waals surface area contributed by atoms with Gasteiger partial charge in [0.25, 0.3) is 5.91 Å². The number of nitrogens with zero attached hydrogens (tertiary/aromatic N) is 3. The summed E-state index contributed by atoms with van der Waals surface area (Å²) in [4.78, 5) is 12.3. The van der Waals surface area contributed by atoms with E-state index < -0.39 is 5.82 Å². The van der Waals surface area contributed by atoms with Crippen molar-refractivity contribution >= 4 is 45.9 Å². The van der Waals surface area contributed by atoms with Crippen molar-refractivity contribution in [2.24, 2.45) is 0 Å². The van der Waals surface area contributed by atoms with Crippen LogP contribution in [0.15, 0.2) is 24.4 Å². The van der Waals surface area contributed by atoms with Crippen LogP contribution in [0, 0.1) is 5.82 Å². The number of aromatic nitrogens is 3. The minimum atomic E-state index is -0.577. The summed E-state index contributed by atoms with van der Waals surface area (Å²) in [7, 11) is 0. The number of carbonyl (C=O) groups excluding carboxylic acids is 1. The Morgan fingerprint density at radius 3 is 2.84 bits per heavy atom. The predicted molar refractivity (Wildman–Crippen MR) is 123 cm³/mol. The quantitative estimate of drug-likeness (QED) is 0.584. The summed E-state index contributed by atoms with van der Waals surface area (Å²) >= 11 is 12.2. The highest BCUT2D eigenvalue weighted by Gasteiger charge is 2.70. The third kappa shape index (κ3) is 3.97.